The van der Waals surface area contributed by atoms with Crippen molar-refractivity contribution in [2.24, 2.45) is 0 Å². The number of hydrogen-bond acceptors (Lipinski definition) is 4. The molecular formula is C16H22N2O3. The van der Waals surface area contributed by atoms with Crippen LogP contribution >= 0.6 is 0 Å². The third-order valence-corrected chi connectivity index (χ3v) is 4.04. The Hall–Kier alpha value is -1.88. The highest BCUT2D eigenvalue weighted by molar-refractivity contribution is 6.53. The van der Waals surface area contributed by atoms with E-state index >= 15 is 0 Å². The fraction of sp³-hybridized carbons (Fsp3) is 0.500. The molecule has 1 heterocycles. The standard InChI is InChI=1S/C16H22N2O3/c1-5-17(6-2)9-10-18-14-12(21-4)8-7-11(3)13(14)15(19)16(18)20/h7-8H,5-6,9-10H2,1-4H3. The van der Waals surface area contributed by atoms with E-state index in [1.165, 1.54) is 0 Å². The zero-order valence-electron chi connectivity index (χ0n) is 13.1. The maximum Gasteiger partial charge on any atom is 0.299 e. The number of anilines is 1. The van der Waals surface area contributed by atoms with E-state index in [4.69, 9.17) is 4.74 Å². The topological polar surface area (TPSA) is 49.9 Å². The molecule has 0 atom stereocenters. The molecule has 0 bridgehead atoms. The summed E-state index contributed by atoms with van der Waals surface area (Å²) in [6.45, 7) is 9.09. The summed E-state index contributed by atoms with van der Waals surface area (Å²) in [5.74, 6) is -0.306. The normalized spacial score (nSPS) is 14.0. The van der Waals surface area contributed by atoms with E-state index in [1.54, 1.807) is 12.0 Å². The first kappa shape index (κ1) is 15.5. The molecule has 114 valence electrons. The summed E-state index contributed by atoms with van der Waals surface area (Å²) in [4.78, 5) is 28.3. The zero-order chi connectivity index (χ0) is 15.6. The van der Waals surface area contributed by atoms with Crippen molar-refractivity contribution < 1.29 is 14.3 Å². The highest BCUT2D eigenvalue weighted by atomic mass is 16.5. The van der Waals surface area contributed by atoms with Crippen molar-refractivity contribution in [3.63, 3.8) is 0 Å². The van der Waals surface area contributed by atoms with Gasteiger partial charge in [-0.3, -0.25) is 9.59 Å². The van der Waals surface area contributed by atoms with Crippen LogP contribution < -0.4 is 9.64 Å². The second-order valence-electron chi connectivity index (χ2n) is 5.12. The van der Waals surface area contributed by atoms with Gasteiger partial charge in [-0.1, -0.05) is 19.9 Å². The molecule has 0 spiro atoms. The third-order valence-electron chi connectivity index (χ3n) is 4.04. The van der Waals surface area contributed by atoms with Crippen molar-refractivity contribution in [1.29, 1.82) is 0 Å². The Morgan fingerprint density at radius 3 is 2.43 bits per heavy atom. The fourth-order valence-electron chi connectivity index (χ4n) is 2.72. The van der Waals surface area contributed by atoms with Crippen LogP contribution in [0, 0.1) is 6.92 Å². The quantitative estimate of drug-likeness (QED) is 0.751. The molecule has 2 rings (SSSR count). The number of benzene rings is 1. The second kappa shape index (κ2) is 6.26. The number of nitrogens with zero attached hydrogens (tertiary/aromatic N) is 2. The van der Waals surface area contributed by atoms with Crippen molar-refractivity contribution >= 4 is 17.4 Å². The predicted molar refractivity (Wildman–Crippen MR) is 82.2 cm³/mol. The maximum atomic E-state index is 12.3. The number of aryl methyl sites for hydroxylation is 1. The fourth-order valence-corrected chi connectivity index (χ4v) is 2.72. The van der Waals surface area contributed by atoms with Gasteiger partial charge in [0.25, 0.3) is 11.7 Å². The number of ketones is 1. The highest BCUT2D eigenvalue weighted by Gasteiger charge is 2.39. The van der Waals surface area contributed by atoms with Crippen molar-refractivity contribution in [1.82, 2.24) is 4.90 Å². The monoisotopic (exact) mass is 290 g/mol. The van der Waals surface area contributed by atoms with Crippen LogP contribution in [0.3, 0.4) is 0 Å². The van der Waals surface area contributed by atoms with E-state index in [1.807, 2.05) is 19.1 Å². The van der Waals surface area contributed by atoms with E-state index in [9.17, 15) is 9.59 Å². The minimum absolute atomic E-state index is 0.430. The largest absolute Gasteiger partial charge is 0.495 e. The molecule has 0 aliphatic carbocycles. The number of rotatable bonds is 6. The molecular weight excluding hydrogens is 268 g/mol. The van der Waals surface area contributed by atoms with E-state index in [2.05, 4.69) is 18.7 Å². The summed E-state index contributed by atoms with van der Waals surface area (Å²) < 4.78 is 5.34. The number of ether oxygens (including phenoxy) is 1. The van der Waals surface area contributed by atoms with Crippen LogP contribution in [-0.2, 0) is 4.79 Å². The van der Waals surface area contributed by atoms with E-state index in [0.29, 0.717) is 23.5 Å². The van der Waals surface area contributed by atoms with Crippen molar-refractivity contribution in [3.05, 3.63) is 23.3 Å². The first-order valence-corrected chi connectivity index (χ1v) is 7.31. The van der Waals surface area contributed by atoms with Crippen molar-refractivity contribution in [2.75, 3.05) is 38.2 Å². The van der Waals surface area contributed by atoms with E-state index < -0.39 is 11.7 Å². The van der Waals surface area contributed by atoms with Crippen LogP contribution in [0.1, 0.15) is 29.8 Å². The van der Waals surface area contributed by atoms with Gasteiger partial charge in [0.05, 0.1) is 18.4 Å². The molecule has 0 saturated heterocycles. The van der Waals surface area contributed by atoms with Gasteiger partial charge in [-0.2, -0.15) is 0 Å². The van der Waals surface area contributed by atoms with Gasteiger partial charge in [-0.25, -0.2) is 0 Å². The van der Waals surface area contributed by atoms with Gasteiger partial charge in [-0.15, -0.1) is 0 Å². The number of Topliss-reactive ketones (excluding diaryl/α,β-unsaturated/α-hetero) is 1. The van der Waals surface area contributed by atoms with Gasteiger partial charge >= 0.3 is 0 Å². The van der Waals surface area contributed by atoms with Gasteiger partial charge in [0.1, 0.15) is 5.75 Å². The van der Waals surface area contributed by atoms with Gasteiger partial charge in [0, 0.05) is 13.1 Å². The van der Waals surface area contributed by atoms with Gasteiger partial charge < -0.3 is 14.5 Å². The smallest absolute Gasteiger partial charge is 0.299 e. The summed E-state index contributed by atoms with van der Waals surface area (Å²) >= 11 is 0. The minimum atomic E-state index is -0.454. The molecule has 5 nitrogen and oxygen atoms in total. The number of hydrogen-bond donors (Lipinski definition) is 0. The van der Waals surface area contributed by atoms with E-state index in [-0.39, 0.29) is 0 Å². The average Bonchev–Trinajstić information content (AvgIpc) is 2.74. The molecule has 1 aromatic carbocycles. The Morgan fingerprint density at radius 2 is 1.86 bits per heavy atom. The predicted octanol–water partition coefficient (Wildman–Crippen LogP) is 1.87. The van der Waals surface area contributed by atoms with Gasteiger partial charge in [0.15, 0.2) is 0 Å². The van der Waals surface area contributed by atoms with Crippen LogP contribution in [-0.4, -0.2) is 49.9 Å². The average molecular weight is 290 g/mol. The summed E-state index contributed by atoms with van der Waals surface area (Å²) in [6, 6.07) is 3.63. The molecule has 1 amide bonds. The summed E-state index contributed by atoms with van der Waals surface area (Å²) in [6.07, 6.45) is 0. The SMILES string of the molecule is CCN(CC)CCN1C(=O)C(=O)c2c(C)ccc(OC)c21. The Balaban J connectivity index is 2.36. The lowest BCUT2D eigenvalue weighted by atomic mass is 10.0. The third kappa shape index (κ3) is 2.65. The Labute approximate surface area is 125 Å². The lowest BCUT2D eigenvalue weighted by Crippen LogP contribution is -2.38. The molecule has 0 radical (unpaired) electrons. The minimum Gasteiger partial charge on any atom is -0.495 e. The number of methoxy groups -OCH3 is 1. The van der Waals surface area contributed by atoms with Gasteiger partial charge in [0.2, 0.25) is 0 Å². The second-order valence-corrected chi connectivity index (χ2v) is 5.12. The van der Waals surface area contributed by atoms with Crippen LogP contribution in [0.4, 0.5) is 5.69 Å². The van der Waals surface area contributed by atoms with Crippen LogP contribution in [0.15, 0.2) is 12.1 Å². The Kier molecular flexibility index (Phi) is 4.63. The summed E-state index contributed by atoms with van der Waals surface area (Å²) in [5.41, 5.74) is 1.92. The van der Waals surface area contributed by atoms with Crippen molar-refractivity contribution in [3.8, 4) is 5.75 Å². The molecule has 1 aliphatic heterocycles. The molecule has 0 aromatic heterocycles. The molecule has 21 heavy (non-hydrogen) atoms. The molecule has 0 fully saturated rings. The number of amides is 1. The van der Waals surface area contributed by atoms with Gasteiger partial charge in [-0.05, 0) is 31.6 Å². The first-order valence-electron chi connectivity index (χ1n) is 7.31. The van der Waals surface area contributed by atoms with Crippen LogP contribution in [0.5, 0.6) is 5.75 Å². The number of carbonyl (C=O) groups is 2. The number of carbonyl (C=O) groups excluding carboxylic acids is 2. The molecule has 5 heteroatoms. The van der Waals surface area contributed by atoms with E-state index in [0.717, 1.165) is 25.2 Å². The Bertz CT molecular complexity index is 565. The molecule has 0 N–H and O–H groups in total. The van der Waals surface area contributed by atoms with Crippen LogP contribution in [0.25, 0.3) is 0 Å². The summed E-state index contributed by atoms with van der Waals surface area (Å²) in [7, 11) is 1.56. The number of likely N-dealkylation sites (N-methyl/N-ethyl adjacent to an activating group) is 1. The molecule has 0 unspecified atom stereocenters. The van der Waals surface area contributed by atoms with Crippen LogP contribution in [0.2, 0.25) is 0 Å². The zero-order valence-corrected chi connectivity index (χ0v) is 13.1. The summed E-state index contributed by atoms with van der Waals surface area (Å²) in [5, 5.41) is 0. The molecule has 1 aromatic rings. The molecule has 0 saturated carbocycles. The molecule has 1 aliphatic rings. The van der Waals surface area contributed by atoms with Crippen molar-refractivity contribution in [2.45, 2.75) is 20.8 Å². The first-order chi connectivity index (χ1) is 10.0. The number of fused-ring (bicyclic) bond motifs is 1. The lowest BCUT2D eigenvalue weighted by Gasteiger charge is -2.24. The maximum absolute atomic E-state index is 12.3. The highest BCUT2D eigenvalue weighted by Crippen LogP contribution is 2.39. The lowest BCUT2D eigenvalue weighted by molar-refractivity contribution is -0.114. The Morgan fingerprint density at radius 1 is 1.19 bits per heavy atom.